The molecule has 2 fully saturated rings. The SMILES string of the molecule is C=C(Sc1cccc(Cl)c1Cl)/C(CC)=N\C(=C/C)N1CCC2(CCCC2)CC1. The van der Waals surface area contributed by atoms with Gasteiger partial charge in [-0.25, -0.2) is 4.99 Å². The first-order chi connectivity index (χ1) is 13.5. The molecule has 0 aromatic heterocycles. The maximum atomic E-state index is 6.35. The third-order valence-corrected chi connectivity index (χ3v) is 8.10. The Labute approximate surface area is 184 Å². The highest BCUT2D eigenvalue weighted by atomic mass is 35.5. The van der Waals surface area contributed by atoms with Crippen molar-refractivity contribution in [3.8, 4) is 0 Å². The van der Waals surface area contributed by atoms with Crippen molar-refractivity contribution in [1.29, 1.82) is 0 Å². The fourth-order valence-corrected chi connectivity index (χ4v) is 5.78. The average molecular weight is 437 g/mol. The number of aliphatic imine (C=N–C) groups is 1. The lowest BCUT2D eigenvalue weighted by Crippen LogP contribution is -2.38. The lowest BCUT2D eigenvalue weighted by molar-refractivity contribution is 0.132. The van der Waals surface area contributed by atoms with Gasteiger partial charge >= 0.3 is 0 Å². The highest BCUT2D eigenvalue weighted by Crippen LogP contribution is 2.46. The van der Waals surface area contributed by atoms with Crippen molar-refractivity contribution in [2.24, 2.45) is 10.4 Å². The molecule has 5 heteroatoms. The molecule has 0 bridgehead atoms. The molecule has 1 heterocycles. The van der Waals surface area contributed by atoms with Crippen LogP contribution in [0, 0.1) is 5.41 Å². The molecule has 0 atom stereocenters. The van der Waals surface area contributed by atoms with Crippen LogP contribution in [0.25, 0.3) is 0 Å². The molecule has 152 valence electrons. The Morgan fingerprint density at radius 3 is 2.50 bits per heavy atom. The summed E-state index contributed by atoms with van der Waals surface area (Å²) < 4.78 is 0. The summed E-state index contributed by atoms with van der Waals surface area (Å²) >= 11 is 14.0. The normalized spacial score (nSPS) is 20.1. The Morgan fingerprint density at radius 1 is 1.21 bits per heavy atom. The summed E-state index contributed by atoms with van der Waals surface area (Å²) in [5, 5.41) is 1.15. The van der Waals surface area contributed by atoms with E-state index < -0.39 is 0 Å². The van der Waals surface area contributed by atoms with Crippen LogP contribution in [0.15, 0.2) is 51.5 Å². The molecule has 1 aliphatic carbocycles. The second-order valence-corrected chi connectivity index (χ2v) is 9.75. The molecule has 0 N–H and O–H groups in total. The van der Waals surface area contributed by atoms with Gasteiger partial charge in [0.1, 0.15) is 5.82 Å². The third-order valence-electron chi connectivity index (χ3n) is 6.13. The molecule has 1 saturated carbocycles. The molecule has 0 unspecified atom stereocenters. The first-order valence-electron chi connectivity index (χ1n) is 10.3. The van der Waals surface area contributed by atoms with E-state index >= 15 is 0 Å². The lowest BCUT2D eigenvalue weighted by atomic mass is 9.77. The van der Waals surface area contributed by atoms with Crippen molar-refractivity contribution in [2.45, 2.75) is 63.7 Å². The number of thioether (sulfide) groups is 1. The smallest absolute Gasteiger partial charge is 0.124 e. The van der Waals surface area contributed by atoms with Crippen LogP contribution < -0.4 is 0 Å². The molecule has 0 radical (unpaired) electrons. The minimum absolute atomic E-state index is 0.567. The number of allylic oxidation sites excluding steroid dienone is 2. The molecular formula is C23H30Cl2N2S. The van der Waals surface area contributed by atoms with E-state index in [4.69, 9.17) is 28.2 Å². The highest BCUT2D eigenvalue weighted by molar-refractivity contribution is 8.04. The fraction of sp³-hybridized carbons (Fsp3) is 0.522. The Balaban J connectivity index is 1.69. The van der Waals surface area contributed by atoms with Gasteiger partial charge in [-0.05, 0) is 62.7 Å². The first kappa shape index (κ1) is 21.8. The molecule has 28 heavy (non-hydrogen) atoms. The number of benzene rings is 1. The lowest BCUT2D eigenvalue weighted by Gasteiger charge is -2.40. The zero-order chi connectivity index (χ0) is 20.1. The molecule has 1 aromatic rings. The standard InChI is InChI=1S/C23H30Cl2N2S/c1-4-19(17(3)28-20-10-8-9-18(24)22(20)25)26-21(5-2)27-15-13-23(14-16-27)11-6-7-12-23/h5,8-10H,3-4,6-7,11-16H2,1-2H3/b21-5+,26-19-. The number of halogens is 2. The van der Waals surface area contributed by atoms with Crippen LogP contribution in [0.3, 0.4) is 0 Å². The summed E-state index contributed by atoms with van der Waals surface area (Å²) in [7, 11) is 0. The second kappa shape index (κ2) is 9.73. The van der Waals surface area contributed by atoms with Crippen LogP contribution in [0.2, 0.25) is 10.0 Å². The minimum Gasteiger partial charge on any atom is -0.357 e. The summed E-state index contributed by atoms with van der Waals surface area (Å²) in [4.78, 5) is 9.30. The number of piperidine rings is 1. The molecule has 3 rings (SSSR count). The van der Waals surface area contributed by atoms with Crippen molar-refractivity contribution < 1.29 is 0 Å². The number of nitrogens with zero attached hydrogens (tertiary/aromatic N) is 2. The topological polar surface area (TPSA) is 15.6 Å². The molecule has 1 spiro atoms. The molecular weight excluding hydrogens is 407 g/mol. The Morgan fingerprint density at radius 2 is 1.89 bits per heavy atom. The highest BCUT2D eigenvalue weighted by Gasteiger charge is 2.37. The zero-order valence-corrected chi connectivity index (χ0v) is 19.3. The van der Waals surface area contributed by atoms with E-state index in [-0.39, 0.29) is 0 Å². The van der Waals surface area contributed by atoms with E-state index in [2.05, 4.69) is 31.4 Å². The van der Waals surface area contributed by atoms with Gasteiger partial charge in [0.15, 0.2) is 0 Å². The van der Waals surface area contributed by atoms with Crippen LogP contribution >= 0.6 is 35.0 Å². The Kier molecular flexibility index (Phi) is 7.58. The largest absolute Gasteiger partial charge is 0.357 e. The summed E-state index contributed by atoms with van der Waals surface area (Å²) in [6.45, 7) is 10.7. The fourth-order valence-electron chi connectivity index (χ4n) is 4.38. The van der Waals surface area contributed by atoms with Gasteiger partial charge in [-0.1, -0.05) is 67.4 Å². The number of likely N-dealkylation sites (tertiary alicyclic amines) is 1. The maximum absolute atomic E-state index is 6.35. The van der Waals surface area contributed by atoms with Gasteiger partial charge in [0, 0.05) is 22.9 Å². The first-order valence-corrected chi connectivity index (χ1v) is 11.9. The summed E-state index contributed by atoms with van der Waals surface area (Å²) in [5.74, 6) is 1.07. The predicted molar refractivity (Wildman–Crippen MR) is 125 cm³/mol. The van der Waals surface area contributed by atoms with Gasteiger partial charge in [0.25, 0.3) is 0 Å². The predicted octanol–water partition coefficient (Wildman–Crippen LogP) is 7.97. The van der Waals surface area contributed by atoms with Gasteiger partial charge < -0.3 is 4.90 Å². The van der Waals surface area contributed by atoms with Gasteiger partial charge in [-0.3, -0.25) is 0 Å². The molecule has 1 aliphatic heterocycles. The summed E-state index contributed by atoms with van der Waals surface area (Å²) in [6, 6.07) is 5.69. The quantitative estimate of drug-likeness (QED) is 0.331. The maximum Gasteiger partial charge on any atom is 0.124 e. The third kappa shape index (κ3) is 4.98. The van der Waals surface area contributed by atoms with Crippen molar-refractivity contribution in [3.05, 3.63) is 51.6 Å². The van der Waals surface area contributed by atoms with Crippen LogP contribution in [-0.4, -0.2) is 23.7 Å². The van der Waals surface area contributed by atoms with Crippen molar-refractivity contribution >= 4 is 40.7 Å². The Bertz CT molecular complexity index is 769. The minimum atomic E-state index is 0.567. The number of hydrogen-bond donors (Lipinski definition) is 0. The van der Waals surface area contributed by atoms with E-state index in [1.54, 1.807) is 17.8 Å². The van der Waals surface area contributed by atoms with Crippen molar-refractivity contribution in [3.63, 3.8) is 0 Å². The Hall–Kier alpha value is -0.900. The summed E-state index contributed by atoms with van der Waals surface area (Å²) in [5.41, 5.74) is 1.63. The number of hydrogen-bond acceptors (Lipinski definition) is 3. The average Bonchev–Trinajstić information content (AvgIpc) is 3.15. The van der Waals surface area contributed by atoms with Crippen molar-refractivity contribution in [1.82, 2.24) is 4.90 Å². The van der Waals surface area contributed by atoms with Crippen LogP contribution in [0.1, 0.15) is 58.8 Å². The zero-order valence-electron chi connectivity index (χ0n) is 16.9. The van der Waals surface area contributed by atoms with E-state index in [1.807, 2.05) is 12.1 Å². The molecule has 2 aliphatic rings. The van der Waals surface area contributed by atoms with Gasteiger partial charge in [0.2, 0.25) is 0 Å². The van der Waals surface area contributed by atoms with Crippen molar-refractivity contribution in [2.75, 3.05) is 13.1 Å². The van der Waals surface area contributed by atoms with E-state index in [0.717, 1.165) is 40.8 Å². The van der Waals surface area contributed by atoms with E-state index in [0.29, 0.717) is 15.5 Å². The monoisotopic (exact) mass is 436 g/mol. The molecule has 2 nitrogen and oxygen atoms in total. The van der Waals surface area contributed by atoms with Crippen LogP contribution in [0.5, 0.6) is 0 Å². The number of rotatable bonds is 6. The molecule has 0 amide bonds. The van der Waals surface area contributed by atoms with Gasteiger partial charge in [-0.15, -0.1) is 0 Å². The van der Waals surface area contributed by atoms with Crippen LogP contribution in [0.4, 0.5) is 0 Å². The van der Waals surface area contributed by atoms with E-state index in [1.165, 1.54) is 38.5 Å². The summed E-state index contributed by atoms with van der Waals surface area (Å²) in [6.07, 6.45) is 11.2. The van der Waals surface area contributed by atoms with Gasteiger partial charge in [0.05, 0.1) is 15.8 Å². The van der Waals surface area contributed by atoms with Gasteiger partial charge in [-0.2, -0.15) is 0 Å². The van der Waals surface area contributed by atoms with E-state index in [9.17, 15) is 0 Å². The molecule has 1 aromatic carbocycles. The van der Waals surface area contributed by atoms with Crippen LogP contribution in [-0.2, 0) is 0 Å². The molecule has 1 saturated heterocycles. The second-order valence-electron chi connectivity index (χ2n) is 7.83.